The topological polar surface area (TPSA) is 82.9 Å². The molecule has 0 aliphatic rings. The Kier molecular flexibility index (Phi) is 4.42. The van der Waals surface area contributed by atoms with E-state index in [1.807, 2.05) is 6.07 Å². The molecule has 0 radical (unpaired) electrons. The molecule has 1 atom stereocenters. The van der Waals surface area contributed by atoms with Gasteiger partial charge in [-0.25, -0.2) is 0 Å². The zero-order chi connectivity index (χ0) is 15.2. The Labute approximate surface area is 122 Å². The van der Waals surface area contributed by atoms with Gasteiger partial charge in [0.15, 0.2) is 11.7 Å². The van der Waals surface area contributed by atoms with Gasteiger partial charge in [0, 0.05) is 24.4 Å². The van der Waals surface area contributed by atoms with Crippen LogP contribution in [-0.4, -0.2) is 23.7 Å². The van der Waals surface area contributed by atoms with Crippen molar-refractivity contribution >= 4 is 11.7 Å². The fraction of sp³-hybridized carbons (Fsp3) is 0.125. The molecule has 0 aliphatic carbocycles. The number of nitrogens with zero attached hydrogens (tertiary/aromatic N) is 2. The molecule has 2 aromatic rings. The van der Waals surface area contributed by atoms with E-state index in [-0.39, 0.29) is 11.7 Å². The summed E-state index contributed by atoms with van der Waals surface area (Å²) in [5.41, 5.74) is 1.09. The highest BCUT2D eigenvalue weighted by Gasteiger charge is 2.23. The summed E-state index contributed by atoms with van der Waals surface area (Å²) in [6.07, 6.45) is 1.54. The zero-order valence-electron chi connectivity index (χ0n) is 11.4. The Hall–Kier alpha value is -3.00. The van der Waals surface area contributed by atoms with Crippen LogP contribution in [-0.2, 0) is 0 Å². The number of nitrogens with one attached hydrogen (secondary N) is 1. The third-order valence-electron chi connectivity index (χ3n) is 3.01. The summed E-state index contributed by atoms with van der Waals surface area (Å²) in [5, 5.41) is 11.7. The van der Waals surface area contributed by atoms with Gasteiger partial charge >= 0.3 is 0 Å². The molecule has 0 spiro atoms. The van der Waals surface area contributed by atoms with E-state index < -0.39 is 5.92 Å². The lowest BCUT2D eigenvalue weighted by atomic mass is 9.94. The Bertz CT molecular complexity index is 705. The smallest absolute Gasteiger partial charge is 0.251 e. The molecule has 0 fully saturated rings. The normalized spacial score (nSPS) is 11.2. The van der Waals surface area contributed by atoms with Crippen molar-refractivity contribution in [3.8, 4) is 6.07 Å². The lowest BCUT2D eigenvalue weighted by molar-refractivity contribution is 0.0963. The van der Waals surface area contributed by atoms with E-state index in [2.05, 4.69) is 10.3 Å². The van der Waals surface area contributed by atoms with E-state index in [0.29, 0.717) is 16.8 Å². The highest BCUT2D eigenvalue weighted by atomic mass is 16.1. The van der Waals surface area contributed by atoms with E-state index in [1.165, 1.54) is 19.3 Å². The molecule has 5 heteroatoms. The monoisotopic (exact) mass is 279 g/mol. The molecule has 1 aromatic heterocycles. The van der Waals surface area contributed by atoms with Gasteiger partial charge in [-0.2, -0.15) is 5.26 Å². The summed E-state index contributed by atoms with van der Waals surface area (Å²) in [5.74, 6) is -1.64. The first-order chi connectivity index (χ1) is 10.2. The largest absolute Gasteiger partial charge is 0.355 e. The second-order valence-electron chi connectivity index (χ2n) is 4.34. The summed E-state index contributed by atoms with van der Waals surface area (Å²) >= 11 is 0. The number of Topliss-reactive ketones (excluding diaryl/α,β-unsaturated/α-hetero) is 1. The van der Waals surface area contributed by atoms with Gasteiger partial charge < -0.3 is 5.32 Å². The van der Waals surface area contributed by atoms with Gasteiger partial charge in [0.1, 0.15) is 0 Å². The molecule has 5 nitrogen and oxygen atoms in total. The molecule has 1 aromatic carbocycles. The first-order valence-electron chi connectivity index (χ1n) is 6.34. The fourth-order valence-electron chi connectivity index (χ4n) is 1.93. The molecule has 104 valence electrons. The molecule has 0 bridgehead atoms. The van der Waals surface area contributed by atoms with Crippen LogP contribution in [0.3, 0.4) is 0 Å². The van der Waals surface area contributed by atoms with E-state index in [1.54, 1.807) is 36.4 Å². The molecule has 2 rings (SSSR count). The van der Waals surface area contributed by atoms with Crippen LogP contribution in [0.5, 0.6) is 0 Å². The van der Waals surface area contributed by atoms with Gasteiger partial charge in [0.05, 0.1) is 11.8 Å². The number of hydrogen-bond donors (Lipinski definition) is 1. The van der Waals surface area contributed by atoms with Crippen molar-refractivity contribution in [1.82, 2.24) is 10.3 Å². The van der Waals surface area contributed by atoms with E-state index in [9.17, 15) is 14.9 Å². The fourth-order valence-corrected chi connectivity index (χ4v) is 1.93. The van der Waals surface area contributed by atoms with Crippen LogP contribution in [0.1, 0.15) is 32.3 Å². The van der Waals surface area contributed by atoms with Crippen molar-refractivity contribution in [3.63, 3.8) is 0 Å². The quantitative estimate of drug-likeness (QED) is 0.867. The first kappa shape index (κ1) is 14.4. The number of hydrogen-bond acceptors (Lipinski definition) is 4. The Morgan fingerprint density at radius 3 is 2.57 bits per heavy atom. The molecular weight excluding hydrogens is 266 g/mol. The van der Waals surface area contributed by atoms with E-state index in [4.69, 9.17) is 0 Å². The maximum atomic E-state index is 12.4. The number of nitriles is 1. The van der Waals surface area contributed by atoms with Gasteiger partial charge in [0.2, 0.25) is 0 Å². The summed E-state index contributed by atoms with van der Waals surface area (Å²) in [6.45, 7) is 0. The number of ketones is 1. The molecule has 1 heterocycles. The van der Waals surface area contributed by atoms with Crippen LogP contribution in [0.15, 0.2) is 48.7 Å². The number of rotatable bonds is 4. The average molecular weight is 279 g/mol. The third-order valence-corrected chi connectivity index (χ3v) is 3.01. The Morgan fingerprint density at radius 2 is 1.95 bits per heavy atom. The van der Waals surface area contributed by atoms with Crippen LogP contribution >= 0.6 is 0 Å². The van der Waals surface area contributed by atoms with Crippen molar-refractivity contribution in [2.45, 2.75) is 5.92 Å². The van der Waals surface area contributed by atoms with Crippen LogP contribution in [0.2, 0.25) is 0 Å². The van der Waals surface area contributed by atoms with Crippen LogP contribution in [0.25, 0.3) is 0 Å². The highest BCUT2D eigenvalue weighted by Crippen LogP contribution is 2.19. The Morgan fingerprint density at radius 1 is 1.19 bits per heavy atom. The second-order valence-corrected chi connectivity index (χ2v) is 4.34. The summed E-state index contributed by atoms with van der Waals surface area (Å²) in [7, 11) is 1.52. The molecule has 1 amide bonds. The van der Waals surface area contributed by atoms with Crippen molar-refractivity contribution in [2.75, 3.05) is 7.05 Å². The maximum absolute atomic E-state index is 12.4. The van der Waals surface area contributed by atoms with Crippen LogP contribution < -0.4 is 5.32 Å². The molecule has 0 unspecified atom stereocenters. The minimum Gasteiger partial charge on any atom is -0.355 e. The van der Waals surface area contributed by atoms with Crippen LogP contribution in [0, 0.1) is 11.3 Å². The number of carbonyl (C=O) groups is 2. The predicted molar refractivity (Wildman–Crippen MR) is 76.8 cm³/mol. The lowest BCUT2D eigenvalue weighted by Crippen LogP contribution is -2.19. The number of benzene rings is 1. The molecule has 21 heavy (non-hydrogen) atoms. The molecular formula is C16H13N3O2. The summed E-state index contributed by atoms with van der Waals surface area (Å²) in [6, 6.07) is 13.3. The SMILES string of the molecule is CNC(=O)c1cccc(C(=O)[C@H](C#N)c2ccccn2)c1. The van der Waals surface area contributed by atoms with E-state index in [0.717, 1.165) is 0 Å². The Balaban J connectivity index is 2.35. The van der Waals surface area contributed by atoms with Gasteiger partial charge in [-0.1, -0.05) is 18.2 Å². The van der Waals surface area contributed by atoms with Crippen molar-refractivity contribution < 1.29 is 9.59 Å². The lowest BCUT2D eigenvalue weighted by Gasteiger charge is -2.08. The van der Waals surface area contributed by atoms with Crippen LogP contribution in [0.4, 0.5) is 0 Å². The molecule has 0 saturated heterocycles. The van der Waals surface area contributed by atoms with Gasteiger partial charge in [0.25, 0.3) is 5.91 Å². The van der Waals surface area contributed by atoms with Gasteiger partial charge in [-0.3, -0.25) is 14.6 Å². The predicted octanol–water partition coefficient (Wildman–Crippen LogP) is 1.93. The third kappa shape index (κ3) is 3.12. The summed E-state index contributed by atoms with van der Waals surface area (Å²) in [4.78, 5) is 28.1. The average Bonchev–Trinajstić information content (AvgIpc) is 2.55. The highest BCUT2D eigenvalue weighted by molar-refractivity contribution is 6.04. The number of pyridine rings is 1. The number of carbonyl (C=O) groups excluding carboxylic acids is 2. The van der Waals surface area contributed by atoms with Crippen molar-refractivity contribution in [3.05, 3.63) is 65.5 Å². The zero-order valence-corrected chi connectivity index (χ0v) is 11.4. The van der Waals surface area contributed by atoms with Gasteiger partial charge in [-0.05, 0) is 24.3 Å². The molecule has 1 N–H and O–H groups in total. The maximum Gasteiger partial charge on any atom is 0.251 e. The van der Waals surface area contributed by atoms with Crippen molar-refractivity contribution in [1.29, 1.82) is 5.26 Å². The molecule has 0 aliphatic heterocycles. The number of amides is 1. The molecule has 0 saturated carbocycles. The summed E-state index contributed by atoms with van der Waals surface area (Å²) < 4.78 is 0. The standard InChI is InChI=1S/C16H13N3O2/c1-18-16(21)12-6-4-5-11(9-12)15(20)13(10-17)14-7-2-3-8-19-14/h2-9,13H,1H3,(H,18,21)/t13-/m1/s1. The number of aromatic nitrogens is 1. The minimum atomic E-state index is -0.980. The minimum absolute atomic E-state index is 0.281. The van der Waals surface area contributed by atoms with E-state index >= 15 is 0 Å². The second kappa shape index (κ2) is 6.44. The van der Waals surface area contributed by atoms with Crippen molar-refractivity contribution in [2.24, 2.45) is 0 Å². The first-order valence-corrected chi connectivity index (χ1v) is 6.34. The van der Waals surface area contributed by atoms with Gasteiger partial charge in [-0.15, -0.1) is 0 Å².